The number of hydrogen-bond donors (Lipinski definition) is 0. The Morgan fingerprint density at radius 1 is 0.872 bits per heavy atom. The summed E-state index contributed by atoms with van der Waals surface area (Å²) in [4.78, 5) is 22.2. The molecule has 6 aromatic rings. The van der Waals surface area contributed by atoms with Crippen LogP contribution in [0, 0.1) is 31.8 Å². The highest BCUT2D eigenvalue weighted by Crippen LogP contribution is 2.23. The van der Waals surface area contributed by atoms with Gasteiger partial charge < -0.3 is 8.96 Å². The Morgan fingerprint density at radius 2 is 1.41 bits per heavy atom. The van der Waals surface area contributed by atoms with Gasteiger partial charge >= 0.3 is 0 Å². The van der Waals surface area contributed by atoms with E-state index >= 15 is 0 Å². The lowest BCUT2D eigenvalue weighted by Crippen LogP contribution is -2.27. The lowest BCUT2D eigenvalue weighted by molar-refractivity contribution is 1.06. The van der Waals surface area contributed by atoms with Crippen LogP contribution in [-0.2, 0) is 0 Å². The van der Waals surface area contributed by atoms with Gasteiger partial charge in [0, 0.05) is 41.4 Å². The Morgan fingerprint density at radius 3 is 1.97 bits per heavy atom. The maximum atomic E-state index is 10.4. The van der Waals surface area contributed by atoms with Gasteiger partial charge in [-0.15, -0.1) is 0 Å². The van der Waals surface area contributed by atoms with Gasteiger partial charge in [0.05, 0.1) is 45.9 Å². The van der Waals surface area contributed by atoms with Crippen LogP contribution in [0.5, 0.6) is 0 Å². The highest BCUT2D eigenvalue weighted by Gasteiger charge is 2.22. The van der Waals surface area contributed by atoms with E-state index in [0.29, 0.717) is 55.3 Å². The molecule has 0 atom stereocenters. The summed E-state index contributed by atoms with van der Waals surface area (Å²) in [6.07, 6.45) is 3.15. The summed E-state index contributed by atoms with van der Waals surface area (Å²) < 4.78 is 3.19. The van der Waals surface area contributed by atoms with Crippen molar-refractivity contribution in [2.75, 3.05) is 0 Å². The molecule has 0 bridgehead atoms. The molecule has 0 saturated heterocycles. The lowest BCUT2D eigenvalue weighted by Gasteiger charge is -2.09. The fourth-order valence-corrected chi connectivity index (χ4v) is 5.03. The van der Waals surface area contributed by atoms with Gasteiger partial charge in [-0.2, -0.15) is 5.26 Å². The molecule has 0 aliphatic rings. The first-order valence-electron chi connectivity index (χ1n) is 12.0. The monoisotopic (exact) mass is 497 g/mol. The highest BCUT2D eigenvalue weighted by molar-refractivity contribution is 6.88. The third-order valence-electron chi connectivity index (χ3n) is 6.88. The van der Waals surface area contributed by atoms with E-state index in [-0.39, 0.29) is 11.3 Å². The number of rotatable bonds is 3. The summed E-state index contributed by atoms with van der Waals surface area (Å²) in [5, 5.41) is 12.7. The number of nitrogens with zero attached hydrogens (tertiary/aromatic N) is 8. The normalized spacial score (nSPS) is 12.8. The molecule has 0 saturated carbocycles. The van der Waals surface area contributed by atoms with Crippen molar-refractivity contribution in [3.63, 3.8) is 0 Å². The molecule has 0 aliphatic carbocycles. The number of aromatic nitrogens is 6. The molecule has 0 aliphatic heterocycles. The number of fused-ring (bicyclic) bond motifs is 3. The predicted molar refractivity (Wildman–Crippen MR) is 153 cm³/mol. The minimum atomic E-state index is 0.238. The smallest absolute Gasteiger partial charge is 0.236 e. The van der Waals surface area contributed by atoms with Crippen LogP contribution < -0.4 is 10.7 Å². The van der Waals surface area contributed by atoms with E-state index in [9.17, 15) is 5.26 Å². The fourth-order valence-electron chi connectivity index (χ4n) is 5.03. The molecule has 0 N–H and O–H groups in total. The zero-order chi connectivity index (χ0) is 27.3. The van der Waals surface area contributed by atoms with Crippen LogP contribution >= 0.6 is 0 Å². The third kappa shape index (κ3) is 3.63. The van der Waals surface area contributed by atoms with E-state index in [1.807, 2.05) is 62.4 Å². The van der Waals surface area contributed by atoms with E-state index < -0.39 is 0 Å². The Balaban J connectivity index is 1.77. The largest absolute Gasteiger partial charge is 0.408 e. The van der Waals surface area contributed by atoms with Crippen molar-refractivity contribution >= 4 is 67.1 Å². The van der Waals surface area contributed by atoms with Gasteiger partial charge in [0.1, 0.15) is 17.3 Å². The number of aryl methyl sites for hydroxylation is 2. The SMILES string of the molecule is [B][B]n1c(C)c2/c(=C(\[N+]#[C-])c3cnc4ccccc4n3)n([B])c(C)c2/c1=C(\C#N)c1cnc2ccccc2n1. The van der Waals surface area contributed by atoms with E-state index in [1.165, 1.54) is 11.8 Å². The zero-order valence-electron chi connectivity index (χ0n) is 21.1. The van der Waals surface area contributed by atoms with Crippen molar-refractivity contribution in [1.29, 1.82) is 5.26 Å². The van der Waals surface area contributed by atoms with Crippen LogP contribution in [0.4, 0.5) is 0 Å². The molecule has 4 aromatic heterocycles. The molecule has 177 valence electrons. The first-order chi connectivity index (χ1) is 19.0. The van der Waals surface area contributed by atoms with E-state index in [4.69, 9.17) is 27.3 Å². The Bertz CT molecular complexity index is 2180. The van der Waals surface area contributed by atoms with Crippen molar-refractivity contribution in [2.45, 2.75) is 13.8 Å². The summed E-state index contributed by atoms with van der Waals surface area (Å²) in [5.74, 6) is 0. The van der Waals surface area contributed by atoms with E-state index in [2.05, 4.69) is 25.9 Å². The summed E-state index contributed by atoms with van der Waals surface area (Å²) in [6.45, 7) is 11.8. The second-order valence-electron chi connectivity index (χ2n) is 8.94. The summed E-state index contributed by atoms with van der Waals surface area (Å²) in [5.41, 5.74) is 5.45. The highest BCUT2D eigenvalue weighted by atomic mass is 15.0. The number of para-hydroxylation sites is 4. The molecule has 5 radical (unpaired) electrons. The first kappa shape index (κ1) is 24.2. The predicted octanol–water partition coefficient (Wildman–Crippen LogP) is 2.23. The second kappa shape index (κ2) is 9.31. The molecule has 11 heteroatoms. The number of nitriles is 1. The van der Waals surface area contributed by atoms with Crippen molar-refractivity contribution in [1.82, 2.24) is 28.9 Å². The van der Waals surface area contributed by atoms with Gasteiger partial charge in [0.15, 0.2) is 7.31 Å². The first-order valence-corrected chi connectivity index (χ1v) is 12.0. The van der Waals surface area contributed by atoms with Gasteiger partial charge in [-0.3, -0.25) is 15.0 Å². The average molecular weight is 497 g/mol. The van der Waals surface area contributed by atoms with Crippen molar-refractivity contribution in [2.24, 2.45) is 0 Å². The standard InChI is InChI=1S/C28H16B3N8/c1-15-24-25(28(38(15)30)26(33-3)23-14-35-19-9-5-7-11-21(19)37-23)16(2)39(31-29)27(24)17(12-32)22-13-34-18-8-4-6-10-20(18)36-22/h4-11,13-14H,1-2H3/b27-17-,28-26+. The molecule has 6 rings (SSSR count). The van der Waals surface area contributed by atoms with Crippen molar-refractivity contribution < 1.29 is 0 Å². The van der Waals surface area contributed by atoms with Crippen molar-refractivity contribution in [3.05, 3.63) is 106 Å². The topological polar surface area (TPSA) is 89.6 Å². The molecule has 0 unspecified atom stereocenters. The van der Waals surface area contributed by atoms with Crippen LogP contribution in [0.2, 0.25) is 0 Å². The molecule has 8 nitrogen and oxygen atoms in total. The molecule has 39 heavy (non-hydrogen) atoms. The quantitative estimate of drug-likeness (QED) is 0.277. The third-order valence-corrected chi connectivity index (χ3v) is 6.88. The lowest BCUT2D eigenvalue weighted by atomic mass is 9.66. The number of benzene rings is 2. The van der Waals surface area contributed by atoms with Crippen LogP contribution in [0.1, 0.15) is 22.8 Å². The summed E-state index contributed by atoms with van der Waals surface area (Å²) in [7, 11) is 14.1. The zero-order valence-corrected chi connectivity index (χ0v) is 21.1. The molecule has 0 amide bonds. The average Bonchev–Trinajstić information content (AvgIpc) is 3.39. The second-order valence-corrected chi connectivity index (χ2v) is 8.94. The Kier molecular flexibility index (Phi) is 5.78. The van der Waals surface area contributed by atoms with Crippen LogP contribution in [0.3, 0.4) is 0 Å². The molecule has 0 fully saturated rings. The molecule has 4 heterocycles. The Hall–Kier alpha value is -5.15. The maximum absolute atomic E-state index is 10.4. The molecular weight excluding hydrogens is 481 g/mol. The molecular formula is C28H16B3N8. The van der Waals surface area contributed by atoms with Gasteiger partial charge in [-0.1, -0.05) is 24.3 Å². The van der Waals surface area contributed by atoms with Crippen LogP contribution in [-0.4, -0.2) is 51.9 Å². The van der Waals surface area contributed by atoms with Gasteiger partial charge in [0.2, 0.25) is 13.7 Å². The van der Waals surface area contributed by atoms with Gasteiger partial charge in [0.25, 0.3) is 0 Å². The fraction of sp³-hybridized carbons (Fsp3) is 0.0714. The van der Waals surface area contributed by atoms with Crippen molar-refractivity contribution in [3.8, 4) is 6.07 Å². The summed E-state index contributed by atoms with van der Waals surface area (Å²) >= 11 is 0. The van der Waals surface area contributed by atoms with E-state index in [0.717, 1.165) is 11.0 Å². The van der Waals surface area contributed by atoms with Gasteiger partial charge in [-0.05, 0) is 38.1 Å². The molecule has 0 spiro atoms. The maximum Gasteiger partial charge on any atom is 0.236 e. The Labute approximate surface area is 226 Å². The summed E-state index contributed by atoms with van der Waals surface area (Å²) in [6, 6.07) is 17.2. The van der Waals surface area contributed by atoms with Crippen LogP contribution in [0.25, 0.3) is 49.0 Å². The minimum absolute atomic E-state index is 0.238. The molecule has 2 aromatic carbocycles. The van der Waals surface area contributed by atoms with Gasteiger partial charge in [-0.25, -0.2) is 9.83 Å². The number of hydrogen-bond acceptors (Lipinski definition) is 5. The van der Waals surface area contributed by atoms with Crippen LogP contribution in [0.15, 0.2) is 60.9 Å². The van der Waals surface area contributed by atoms with E-state index in [1.54, 1.807) is 16.9 Å². The minimum Gasteiger partial charge on any atom is -0.408 e.